The van der Waals surface area contributed by atoms with Gasteiger partial charge in [-0.3, -0.25) is 0 Å². The van der Waals surface area contributed by atoms with Gasteiger partial charge < -0.3 is 19.5 Å². The molecule has 1 aliphatic heterocycles. The monoisotopic (exact) mass is 415 g/mol. The van der Waals surface area contributed by atoms with Crippen LogP contribution in [0.25, 0.3) is 0 Å². The molecule has 1 heterocycles. The predicted molar refractivity (Wildman–Crippen MR) is 119 cm³/mol. The quantitative estimate of drug-likeness (QED) is 0.490. The molecule has 5 heteroatoms. The smallest absolute Gasteiger partial charge is 0.407 e. The highest BCUT2D eigenvalue weighted by Crippen LogP contribution is 2.32. The molecule has 1 N–H and O–H groups in total. The molecule has 0 radical (unpaired) electrons. The number of hydrogen-bond donors (Lipinski definition) is 1. The molecule has 1 aliphatic rings. The summed E-state index contributed by atoms with van der Waals surface area (Å²) in [6.45, 7) is 11.5. The molecular formula is C25H37NO4. The molecule has 5 nitrogen and oxygen atoms in total. The number of benzene rings is 1. The maximum atomic E-state index is 12.6. The van der Waals surface area contributed by atoms with Crippen LogP contribution in [-0.2, 0) is 20.6 Å². The van der Waals surface area contributed by atoms with E-state index in [0.717, 1.165) is 24.8 Å². The van der Waals surface area contributed by atoms with Gasteiger partial charge >= 0.3 is 6.09 Å². The fourth-order valence-corrected chi connectivity index (χ4v) is 3.46. The number of carbonyl (C=O) groups excluding carboxylic acids is 1. The number of ether oxygens (including phenoxy) is 3. The highest BCUT2D eigenvalue weighted by molar-refractivity contribution is 5.68. The van der Waals surface area contributed by atoms with Crippen LogP contribution in [0, 0.1) is 11.8 Å². The predicted octanol–water partition coefficient (Wildman–Crippen LogP) is 5.23. The van der Waals surface area contributed by atoms with Gasteiger partial charge in [-0.15, -0.1) is 11.8 Å². The lowest BCUT2D eigenvalue weighted by atomic mass is 9.96. The van der Waals surface area contributed by atoms with E-state index >= 15 is 0 Å². The van der Waals surface area contributed by atoms with Crippen molar-refractivity contribution in [2.24, 2.45) is 0 Å². The van der Waals surface area contributed by atoms with Crippen LogP contribution in [0.1, 0.15) is 72.8 Å². The molecule has 1 aromatic carbocycles. The Morgan fingerprint density at radius 3 is 2.53 bits per heavy atom. The first-order chi connectivity index (χ1) is 14.1. The summed E-state index contributed by atoms with van der Waals surface area (Å²) < 4.78 is 17.9. The molecular weight excluding hydrogens is 378 g/mol. The number of carbonyl (C=O) groups is 1. The molecule has 0 spiro atoms. The maximum absolute atomic E-state index is 12.6. The Hall–Kier alpha value is -2.03. The van der Waals surface area contributed by atoms with Crippen molar-refractivity contribution in [1.82, 2.24) is 5.32 Å². The highest BCUT2D eigenvalue weighted by atomic mass is 16.8. The van der Waals surface area contributed by atoms with Gasteiger partial charge in [-0.2, -0.15) is 0 Å². The Balaban J connectivity index is 2.19. The van der Waals surface area contributed by atoms with Crippen molar-refractivity contribution in [3.05, 3.63) is 35.9 Å². The minimum atomic E-state index is -0.731. The molecule has 0 aromatic heterocycles. The van der Waals surface area contributed by atoms with E-state index in [-0.39, 0.29) is 18.2 Å². The van der Waals surface area contributed by atoms with Gasteiger partial charge in [0, 0.05) is 12.8 Å². The van der Waals surface area contributed by atoms with Gasteiger partial charge in [0.05, 0.1) is 6.04 Å². The first kappa shape index (κ1) is 24.2. The molecule has 2 rings (SSSR count). The third-order valence-corrected chi connectivity index (χ3v) is 4.70. The molecule has 3 atom stereocenters. The molecule has 1 amide bonds. The zero-order valence-electron chi connectivity index (χ0n) is 19.3. The maximum Gasteiger partial charge on any atom is 0.407 e. The van der Waals surface area contributed by atoms with E-state index in [4.69, 9.17) is 14.2 Å². The van der Waals surface area contributed by atoms with Crippen LogP contribution in [0.2, 0.25) is 0 Å². The van der Waals surface area contributed by atoms with E-state index in [9.17, 15) is 4.79 Å². The number of alkyl carbamates (subject to hydrolysis) is 1. The van der Waals surface area contributed by atoms with Crippen molar-refractivity contribution in [3.63, 3.8) is 0 Å². The second-order valence-electron chi connectivity index (χ2n) is 9.24. The number of hydrogen-bond acceptors (Lipinski definition) is 4. The topological polar surface area (TPSA) is 56.8 Å². The van der Waals surface area contributed by atoms with E-state index in [1.807, 2.05) is 65.0 Å². The summed E-state index contributed by atoms with van der Waals surface area (Å²) in [6.07, 6.45) is 3.30. The molecule has 1 aromatic rings. The third-order valence-electron chi connectivity index (χ3n) is 4.70. The average Bonchev–Trinajstić information content (AvgIpc) is 2.95. The number of rotatable bonds is 7. The summed E-state index contributed by atoms with van der Waals surface area (Å²) in [5.41, 5.74) is 0.539. The van der Waals surface area contributed by atoms with Crippen LogP contribution < -0.4 is 5.32 Å². The zero-order chi connectivity index (χ0) is 22.2. The summed E-state index contributed by atoms with van der Waals surface area (Å²) in [6, 6.07) is 9.76. The van der Waals surface area contributed by atoms with E-state index in [0.29, 0.717) is 12.8 Å². The van der Waals surface area contributed by atoms with Gasteiger partial charge in [-0.1, -0.05) is 43.7 Å². The van der Waals surface area contributed by atoms with E-state index in [1.165, 1.54) is 0 Å². The lowest BCUT2D eigenvalue weighted by molar-refractivity contribution is -0.148. The molecule has 0 bridgehead atoms. The lowest BCUT2D eigenvalue weighted by Gasteiger charge is -2.29. The minimum absolute atomic E-state index is 0.224. The minimum Gasteiger partial charge on any atom is -0.444 e. The molecule has 0 saturated carbocycles. The van der Waals surface area contributed by atoms with Crippen molar-refractivity contribution in [1.29, 1.82) is 0 Å². The Morgan fingerprint density at radius 2 is 1.90 bits per heavy atom. The average molecular weight is 416 g/mol. The van der Waals surface area contributed by atoms with Crippen molar-refractivity contribution in [2.45, 2.75) is 103 Å². The van der Waals surface area contributed by atoms with E-state index < -0.39 is 17.5 Å². The second kappa shape index (κ2) is 10.8. The molecule has 0 unspecified atom stereocenters. The number of unbranched alkanes of at least 4 members (excludes halogenated alkanes) is 2. The highest BCUT2D eigenvalue weighted by Gasteiger charge is 2.45. The van der Waals surface area contributed by atoms with Crippen LogP contribution in [0.4, 0.5) is 4.79 Å². The van der Waals surface area contributed by atoms with Crippen molar-refractivity contribution in [3.8, 4) is 11.8 Å². The van der Waals surface area contributed by atoms with Crippen molar-refractivity contribution >= 4 is 6.09 Å². The van der Waals surface area contributed by atoms with Gasteiger partial charge in [0.1, 0.15) is 17.8 Å². The van der Waals surface area contributed by atoms with Gasteiger partial charge in [-0.05, 0) is 53.0 Å². The van der Waals surface area contributed by atoms with Gasteiger partial charge in [0.15, 0.2) is 5.79 Å². The largest absolute Gasteiger partial charge is 0.444 e. The standard InChI is InChI=1S/C25H37NO4/c1-7-8-9-10-14-17-21-22(29-25(5,6)28-21)20(18-19-15-12-11-13-16-19)26-23(27)30-24(2,3)4/h11-13,15-16,20-22H,7-9,17-18H2,1-6H3,(H,26,27)/t20-,21+,22+/m1/s1. The first-order valence-corrected chi connectivity index (χ1v) is 10.9. The Bertz CT molecular complexity index is 727. The third kappa shape index (κ3) is 8.38. The Labute approximate surface area is 181 Å². The van der Waals surface area contributed by atoms with Crippen LogP contribution >= 0.6 is 0 Å². The fraction of sp³-hybridized carbons (Fsp3) is 0.640. The number of amides is 1. The van der Waals surface area contributed by atoms with E-state index in [2.05, 4.69) is 24.1 Å². The van der Waals surface area contributed by atoms with Gasteiger partial charge in [0.2, 0.25) is 0 Å². The Kier molecular flexibility index (Phi) is 8.76. The normalized spacial score (nSPS) is 21.4. The molecule has 30 heavy (non-hydrogen) atoms. The van der Waals surface area contributed by atoms with Crippen LogP contribution in [0.5, 0.6) is 0 Å². The van der Waals surface area contributed by atoms with E-state index in [1.54, 1.807) is 0 Å². The van der Waals surface area contributed by atoms with Crippen molar-refractivity contribution < 1.29 is 19.0 Å². The van der Waals surface area contributed by atoms with Crippen LogP contribution in [-0.4, -0.2) is 35.7 Å². The van der Waals surface area contributed by atoms with Gasteiger partial charge in [-0.25, -0.2) is 4.79 Å². The van der Waals surface area contributed by atoms with Crippen molar-refractivity contribution in [2.75, 3.05) is 0 Å². The summed E-state index contributed by atoms with van der Waals surface area (Å²) in [4.78, 5) is 12.6. The lowest BCUT2D eigenvalue weighted by Crippen LogP contribution is -2.50. The molecule has 0 aliphatic carbocycles. The van der Waals surface area contributed by atoms with Crippen LogP contribution in [0.15, 0.2) is 30.3 Å². The summed E-state index contributed by atoms with van der Waals surface area (Å²) in [7, 11) is 0. The summed E-state index contributed by atoms with van der Waals surface area (Å²) >= 11 is 0. The number of nitrogens with one attached hydrogen (secondary N) is 1. The van der Waals surface area contributed by atoms with Crippen LogP contribution in [0.3, 0.4) is 0 Å². The zero-order valence-corrected chi connectivity index (χ0v) is 19.3. The SMILES string of the molecule is CCCCC#CC[C@@H]1OC(C)(C)O[C@H]1[C@@H](Cc1ccccc1)NC(=O)OC(C)(C)C. The molecule has 166 valence electrons. The molecule has 1 fully saturated rings. The fourth-order valence-electron chi connectivity index (χ4n) is 3.46. The summed E-state index contributed by atoms with van der Waals surface area (Å²) in [5, 5.41) is 3.03. The van der Waals surface area contributed by atoms with Gasteiger partial charge in [0.25, 0.3) is 0 Å². The first-order valence-electron chi connectivity index (χ1n) is 10.9. The summed E-state index contributed by atoms with van der Waals surface area (Å²) in [5.74, 6) is 5.73. The molecule has 1 saturated heterocycles. The Morgan fingerprint density at radius 1 is 1.20 bits per heavy atom. The second-order valence-corrected chi connectivity index (χ2v) is 9.24.